The Kier molecular flexibility index (Phi) is 4.11. The number of methoxy groups -OCH3 is 1. The van der Waals surface area contributed by atoms with Gasteiger partial charge in [-0.15, -0.1) is 0 Å². The summed E-state index contributed by atoms with van der Waals surface area (Å²) >= 11 is 0. The minimum absolute atomic E-state index is 0.168. The molecule has 1 amide bonds. The molecule has 0 atom stereocenters. The van der Waals surface area contributed by atoms with E-state index in [1.165, 1.54) is 13.8 Å². The van der Waals surface area contributed by atoms with Crippen LogP contribution in [-0.2, 0) is 9.53 Å². The Labute approximate surface area is 91.2 Å². The van der Waals surface area contributed by atoms with Gasteiger partial charge in [-0.25, -0.2) is 0 Å². The number of likely N-dealkylation sites (tertiary alicyclic amines) is 1. The van der Waals surface area contributed by atoms with E-state index in [1.54, 1.807) is 12.0 Å². The predicted octanol–water partition coefficient (Wildman–Crippen LogP) is 0.642. The number of amides is 1. The summed E-state index contributed by atoms with van der Waals surface area (Å²) in [5.74, 6) is 0.388. The van der Waals surface area contributed by atoms with E-state index in [4.69, 9.17) is 4.74 Å². The van der Waals surface area contributed by atoms with E-state index in [9.17, 15) is 9.90 Å². The highest BCUT2D eigenvalue weighted by Crippen LogP contribution is 2.19. The Morgan fingerprint density at radius 3 is 2.40 bits per heavy atom. The molecule has 0 aliphatic carbocycles. The zero-order valence-electron chi connectivity index (χ0n) is 9.82. The standard InChI is InChI=1S/C11H21NO3/c1-11(2,14)10(13)12-6-4-9(5-7-12)8-15-3/h9,14H,4-8H2,1-3H3. The first-order valence-electron chi connectivity index (χ1n) is 5.46. The molecule has 0 saturated carbocycles. The van der Waals surface area contributed by atoms with Crippen LogP contribution in [0.25, 0.3) is 0 Å². The second-order valence-electron chi connectivity index (χ2n) is 4.75. The maximum atomic E-state index is 11.7. The molecule has 88 valence electrons. The largest absolute Gasteiger partial charge is 0.384 e. The summed E-state index contributed by atoms with van der Waals surface area (Å²) in [4.78, 5) is 13.5. The lowest BCUT2D eigenvalue weighted by atomic mass is 9.96. The fraction of sp³-hybridized carbons (Fsp3) is 0.909. The summed E-state index contributed by atoms with van der Waals surface area (Å²) in [5, 5.41) is 9.59. The summed E-state index contributed by atoms with van der Waals surface area (Å²) in [6.45, 7) is 5.31. The summed E-state index contributed by atoms with van der Waals surface area (Å²) < 4.78 is 5.09. The van der Waals surface area contributed by atoms with E-state index in [0.717, 1.165) is 32.5 Å². The van der Waals surface area contributed by atoms with Crippen LogP contribution in [0.1, 0.15) is 26.7 Å². The molecule has 1 aliphatic rings. The average Bonchev–Trinajstić information content (AvgIpc) is 2.17. The van der Waals surface area contributed by atoms with E-state index >= 15 is 0 Å². The summed E-state index contributed by atoms with van der Waals surface area (Å²) in [6, 6.07) is 0. The topological polar surface area (TPSA) is 49.8 Å². The monoisotopic (exact) mass is 215 g/mol. The Morgan fingerprint density at radius 1 is 1.47 bits per heavy atom. The Morgan fingerprint density at radius 2 is 2.00 bits per heavy atom. The van der Waals surface area contributed by atoms with Gasteiger partial charge in [-0.2, -0.15) is 0 Å². The van der Waals surface area contributed by atoms with Crippen LogP contribution in [0.15, 0.2) is 0 Å². The lowest BCUT2D eigenvalue weighted by molar-refractivity contribution is -0.149. The van der Waals surface area contributed by atoms with Gasteiger partial charge in [0.1, 0.15) is 5.60 Å². The number of hydrogen-bond acceptors (Lipinski definition) is 3. The first-order chi connectivity index (χ1) is 6.95. The van der Waals surface area contributed by atoms with Crippen LogP contribution in [0.2, 0.25) is 0 Å². The summed E-state index contributed by atoms with van der Waals surface area (Å²) in [5.41, 5.74) is -1.24. The van der Waals surface area contributed by atoms with Crippen LogP contribution >= 0.6 is 0 Å². The molecule has 0 aromatic rings. The van der Waals surface area contributed by atoms with Crippen LogP contribution in [-0.4, -0.2) is 48.3 Å². The van der Waals surface area contributed by atoms with Crippen molar-refractivity contribution in [2.75, 3.05) is 26.8 Å². The first kappa shape index (κ1) is 12.5. The van der Waals surface area contributed by atoms with E-state index in [0.29, 0.717) is 5.92 Å². The van der Waals surface area contributed by atoms with Crippen molar-refractivity contribution < 1.29 is 14.6 Å². The number of rotatable bonds is 3. The highest BCUT2D eigenvalue weighted by molar-refractivity contribution is 5.84. The van der Waals surface area contributed by atoms with Gasteiger partial charge in [-0.05, 0) is 32.6 Å². The van der Waals surface area contributed by atoms with Crippen LogP contribution in [0, 0.1) is 5.92 Å². The number of piperidine rings is 1. The Balaban J connectivity index is 2.41. The van der Waals surface area contributed by atoms with Crippen molar-refractivity contribution in [2.45, 2.75) is 32.3 Å². The molecule has 0 aromatic heterocycles. The number of nitrogens with zero attached hydrogens (tertiary/aromatic N) is 1. The van der Waals surface area contributed by atoms with Gasteiger partial charge in [-0.3, -0.25) is 4.79 Å². The van der Waals surface area contributed by atoms with Gasteiger partial charge in [0.15, 0.2) is 0 Å². The van der Waals surface area contributed by atoms with E-state index < -0.39 is 5.60 Å². The first-order valence-corrected chi connectivity index (χ1v) is 5.46. The molecule has 4 heteroatoms. The molecule has 1 N–H and O–H groups in total. The van der Waals surface area contributed by atoms with Gasteiger partial charge in [0.25, 0.3) is 5.91 Å². The lowest BCUT2D eigenvalue weighted by Crippen LogP contribution is -2.48. The summed E-state index contributed by atoms with van der Waals surface area (Å²) in [7, 11) is 1.70. The molecule has 0 radical (unpaired) electrons. The van der Waals surface area contributed by atoms with Gasteiger partial charge in [0, 0.05) is 26.8 Å². The van der Waals surface area contributed by atoms with Crippen molar-refractivity contribution in [3.05, 3.63) is 0 Å². The lowest BCUT2D eigenvalue weighted by Gasteiger charge is -2.34. The fourth-order valence-electron chi connectivity index (χ4n) is 1.93. The van der Waals surface area contributed by atoms with Gasteiger partial charge >= 0.3 is 0 Å². The third-order valence-electron chi connectivity index (χ3n) is 2.83. The normalized spacial score (nSPS) is 19.3. The highest BCUT2D eigenvalue weighted by atomic mass is 16.5. The maximum Gasteiger partial charge on any atom is 0.253 e. The van der Waals surface area contributed by atoms with Crippen LogP contribution < -0.4 is 0 Å². The molecule has 0 spiro atoms. The molecule has 4 nitrogen and oxygen atoms in total. The van der Waals surface area contributed by atoms with Gasteiger partial charge in [-0.1, -0.05) is 0 Å². The zero-order chi connectivity index (χ0) is 11.5. The molecule has 1 heterocycles. The minimum atomic E-state index is -1.24. The smallest absolute Gasteiger partial charge is 0.253 e. The number of carbonyl (C=O) groups is 1. The molecule has 1 fully saturated rings. The SMILES string of the molecule is COCC1CCN(C(=O)C(C)(C)O)CC1. The minimum Gasteiger partial charge on any atom is -0.384 e. The number of ether oxygens (including phenoxy) is 1. The molecule has 0 unspecified atom stereocenters. The zero-order valence-corrected chi connectivity index (χ0v) is 9.82. The van der Waals surface area contributed by atoms with Crippen molar-refractivity contribution in [1.82, 2.24) is 4.90 Å². The molecule has 1 saturated heterocycles. The van der Waals surface area contributed by atoms with Crippen molar-refractivity contribution in [1.29, 1.82) is 0 Å². The molecular weight excluding hydrogens is 194 g/mol. The van der Waals surface area contributed by atoms with Crippen LogP contribution in [0.3, 0.4) is 0 Å². The second-order valence-corrected chi connectivity index (χ2v) is 4.75. The van der Waals surface area contributed by atoms with E-state index in [1.807, 2.05) is 0 Å². The van der Waals surface area contributed by atoms with Crippen LogP contribution in [0.5, 0.6) is 0 Å². The third-order valence-corrected chi connectivity index (χ3v) is 2.83. The third kappa shape index (κ3) is 3.47. The fourth-order valence-corrected chi connectivity index (χ4v) is 1.93. The molecule has 15 heavy (non-hydrogen) atoms. The number of carbonyl (C=O) groups excluding carboxylic acids is 1. The van der Waals surface area contributed by atoms with Crippen molar-refractivity contribution in [3.63, 3.8) is 0 Å². The average molecular weight is 215 g/mol. The predicted molar refractivity (Wildman–Crippen MR) is 57.5 cm³/mol. The molecule has 1 rings (SSSR count). The Bertz CT molecular complexity index is 214. The van der Waals surface area contributed by atoms with Crippen molar-refractivity contribution in [2.24, 2.45) is 5.92 Å². The highest BCUT2D eigenvalue weighted by Gasteiger charge is 2.31. The maximum absolute atomic E-state index is 11.7. The Hall–Kier alpha value is -0.610. The van der Waals surface area contributed by atoms with Crippen molar-refractivity contribution >= 4 is 5.91 Å². The molecule has 0 aromatic carbocycles. The van der Waals surface area contributed by atoms with Crippen molar-refractivity contribution in [3.8, 4) is 0 Å². The quantitative estimate of drug-likeness (QED) is 0.751. The molecular formula is C11H21NO3. The summed E-state index contributed by atoms with van der Waals surface area (Å²) in [6.07, 6.45) is 1.94. The molecule has 1 aliphatic heterocycles. The number of aliphatic hydroxyl groups is 1. The molecule has 0 bridgehead atoms. The van der Waals surface area contributed by atoms with Gasteiger partial charge in [0.05, 0.1) is 0 Å². The van der Waals surface area contributed by atoms with Crippen LogP contribution in [0.4, 0.5) is 0 Å². The van der Waals surface area contributed by atoms with Gasteiger partial charge in [0.2, 0.25) is 0 Å². The van der Waals surface area contributed by atoms with E-state index in [2.05, 4.69) is 0 Å². The second kappa shape index (κ2) is 4.94. The number of hydrogen-bond donors (Lipinski definition) is 1. The van der Waals surface area contributed by atoms with E-state index in [-0.39, 0.29) is 5.91 Å². The van der Waals surface area contributed by atoms with Gasteiger partial charge < -0.3 is 14.7 Å².